The standard InChI is InChI=1S/C17H22N6O2/c1-9-7-20-16(22-13-4-5-13)17(25)23(9)14-6-12(8-19-11(3)24)10(2)21-15(14)18/h6-7,13H,4-5,8H2,1-3H3,(H2,18,21)(H,19,24)(H,20,22). The predicted octanol–water partition coefficient (Wildman–Crippen LogP) is 1.04. The van der Waals surface area contributed by atoms with Crippen molar-refractivity contribution in [1.82, 2.24) is 19.9 Å². The normalized spacial score (nSPS) is 13.6. The van der Waals surface area contributed by atoms with Crippen molar-refractivity contribution in [2.45, 2.75) is 46.2 Å². The van der Waals surface area contributed by atoms with Crippen LogP contribution in [-0.4, -0.2) is 26.5 Å². The van der Waals surface area contributed by atoms with Crippen LogP contribution in [-0.2, 0) is 11.3 Å². The van der Waals surface area contributed by atoms with Crippen LogP contribution >= 0.6 is 0 Å². The molecule has 0 aromatic carbocycles. The third-order valence-corrected chi connectivity index (χ3v) is 4.15. The molecular formula is C17H22N6O2. The van der Waals surface area contributed by atoms with E-state index >= 15 is 0 Å². The van der Waals surface area contributed by atoms with Gasteiger partial charge >= 0.3 is 0 Å². The molecule has 0 unspecified atom stereocenters. The summed E-state index contributed by atoms with van der Waals surface area (Å²) in [7, 11) is 0. The van der Waals surface area contributed by atoms with Crippen molar-refractivity contribution in [1.29, 1.82) is 0 Å². The Balaban J connectivity index is 2.07. The van der Waals surface area contributed by atoms with Crippen LogP contribution in [0.3, 0.4) is 0 Å². The lowest BCUT2D eigenvalue weighted by Gasteiger charge is -2.16. The summed E-state index contributed by atoms with van der Waals surface area (Å²) in [6, 6.07) is 2.11. The average Bonchev–Trinajstić information content (AvgIpc) is 3.35. The number of anilines is 2. The third-order valence-electron chi connectivity index (χ3n) is 4.15. The number of hydrogen-bond donors (Lipinski definition) is 3. The molecule has 1 saturated carbocycles. The highest BCUT2D eigenvalue weighted by molar-refractivity contribution is 5.73. The molecule has 8 heteroatoms. The molecule has 4 N–H and O–H groups in total. The van der Waals surface area contributed by atoms with Crippen molar-refractivity contribution in [3.63, 3.8) is 0 Å². The summed E-state index contributed by atoms with van der Waals surface area (Å²) in [5.41, 5.74) is 8.50. The highest BCUT2D eigenvalue weighted by Crippen LogP contribution is 2.23. The van der Waals surface area contributed by atoms with Crippen LogP contribution in [0.25, 0.3) is 5.69 Å². The molecule has 0 bridgehead atoms. The summed E-state index contributed by atoms with van der Waals surface area (Å²) in [5.74, 6) is 0.445. The quantitative estimate of drug-likeness (QED) is 0.748. The van der Waals surface area contributed by atoms with E-state index in [2.05, 4.69) is 20.6 Å². The minimum atomic E-state index is -0.255. The highest BCUT2D eigenvalue weighted by Gasteiger charge is 2.24. The minimum Gasteiger partial charge on any atom is -0.382 e. The molecule has 0 saturated heterocycles. The number of carbonyl (C=O) groups is 1. The molecule has 1 fully saturated rings. The minimum absolute atomic E-state index is 0.133. The van der Waals surface area contributed by atoms with Gasteiger partial charge in [-0.3, -0.25) is 14.2 Å². The van der Waals surface area contributed by atoms with Crippen LogP contribution in [0, 0.1) is 13.8 Å². The molecule has 8 nitrogen and oxygen atoms in total. The molecule has 25 heavy (non-hydrogen) atoms. The predicted molar refractivity (Wildman–Crippen MR) is 95.7 cm³/mol. The zero-order chi connectivity index (χ0) is 18.1. The largest absolute Gasteiger partial charge is 0.382 e. The Hall–Kier alpha value is -2.90. The third kappa shape index (κ3) is 3.62. The van der Waals surface area contributed by atoms with Gasteiger partial charge in [0, 0.05) is 37.1 Å². The lowest BCUT2D eigenvalue weighted by Crippen LogP contribution is -2.27. The number of nitrogens with two attached hydrogens (primary N) is 1. The molecular weight excluding hydrogens is 320 g/mol. The Morgan fingerprint density at radius 1 is 1.40 bits per heavy atom. The highest BCUT2D eigenvalue weighted by atomic mass is 16.1. The zero-order valence-corrected chi connectivity index (χ0v) is 14.6. The van der Waals surface area contributed by atoms with Crippen LogP contribution in [0.15, 0.2) is 17.1 Å². The lowest BCUT2D eigenvalue weighted by molar-refractivity contribution is -0.119. The topological polar surface area (TPSA) is 115 Å². The van der Waals surface area contributed by atoms with Gasteiger partial charge in [-0.1, -0.05) is 0 Å². The van der Waals surface area contributed by atoms with Gasteiger partial charge in [-0.2, -0.15) is 0 Å². The van der Waals surface area contributed by atoms with Gasteiger partial charge < -0.3 is 16.4 Å². The van der Waals surface area contributed by atoms with E-state index in [-0.39, 0.29) is 17.3 Å². The molecule has 1 aliphatic rings. The summed E-state index contributed by atoms with van der Waals surface area (Å²) >= 11 is 0. The molecule has 0 spiro atoms. The van der Waals surface area contributed by atoms with Gasteiger partial charge in [0.1, 0.15) is 5.82 Å². The number of nitrogens with one attached hydrogen (secondary N) is 2. The maximum absolute atomic E-state index is 12.9. The SMILES string of the molecule is CC(=O)NCc1cc(-n2c(C)cnc(NC3CC3)c2=O)c(N)nc1C. The molecule has 132 valence electrons. The Morgan fingerprint density at radius 3 is 2.76 bits per heavy atom. The fourth-order valence-corrected chi connectivity index (χ4v) is 2.59. The van der Waals surface area contributed by atoms with E-state index in [9.17, 15) is 9.59 Å². The van der Waals surface area contributed by atoms with Crippen LogP contribution in [0.4, 0.5) is 11.6 Å². The summed E-state index contributed by atoms with van der Waals surface area (Å²) < 4.78 is 1.51. The number of rotatable bonds is 5. The van der Waals surface area contributed by atoms with E-state index in [0.717, 1.165) is 18.4 Å². The van der Waals surface area contributed by atoms with Crippen LogP contribution in [0.1, 0.15) is 36.7 Å². The van der Waals surface area contributed by atoms with Gasteiger partial charge in [0.2, 0.25) is 5.91 Å². The summed E-state index contributed by atoms with van der Waals surface area (Å²) in [6.07, 6.45) is 3.73. The number of aryl methyl sites for hydroxylation is 2. The Morgan fingerprint density at radius 2 is 2.12 bits per heavy atom. The van der Waals surface area contributed by atoms with Gasteiger partial charge in [-0.05, 0) is 38.3 Å². The summed E-state index contributed by atoms with van der Waals surface area (Å²) in [6.45, 7) is 5.39. The zero-order valence-electron chi connectivity index (χ0n) is 14.6. The Labute approximate surface area is 145 Å². The molecule has 1 aliphatic carbocycles. The molecule has 0 aliphatic heterocycles. The molecule has 3 rings (SSSR count). The molecule has 1 amide bonds. The van der Waals surface area contributed by atoms with Gasteiger partial charge in [0.15, 0.2) is 5.82 Å². The maximum Gasteiger partial charge on any atom is 0.298 e. The monoisotopic (exact) mass is 342 g/mol. The molecule has 0 atom stereocenters. The van der Waals surface area contributed by atoms with Gasteiger partial charge in [-0.25, -0.2) is 9.97 Å². The van der Waals surface area contributed by atoms with E-state index < -0.39 is 0 Å². The van der Waals surface area contributed by atoms with Gasteiger partial charge in [-0.15, -0.1) is 0 Å². The van der Waals surface area contributed by atoms with Crippen LogP contribution < -0.4 is 21.9 Å². The van der Waals surface area contributed by atoms with Crippen LogP contribution in [0.2, 0.25) is 0 Å². The summed E-state index contributed by atoms with van der Waals surface area (Å²) in [4.78, 5) is 32.6. The second-order valence-corrected chi connectivity index (χ2v) is 6.35. The molecule has 2 aromatic heterocycles. The first-order chi connectivity index (χ1) is 11.9. The van der Waals surface area contributed by atoms with E-state index in [1.807, 2.05) is 6.92 Å². The number of hydrogen-bond acceptors (Lipinski definition) is 6. The van der Waals surface area contributed by atoms with Crippen molar-refractivity contribution in [3.05, 3.63) is 39.6 Å². The van der Waals surface area contributed by atoms with Gasteiger partial charge in [0.25, 0.3) is 5.56 Å². The maximum atomic E-state index is 12.9. The van der Waals surface area contributed by atoms with Crippen molar-refractivity contribution in [2.75, 3.05) is 11.1 Å². The second kappa shape index (κ2) is 6.54. The van der Waals surface area contributed by atoms with E-state index in [4.69, 9.17) is 5.73 Å². The molecule has 2 aromatic rings. The first-order valence-corrected chi connectivity index (χ1v) is 8.23. The fraction of sp³-hybridized carbons (Fsp3) is 0.412. The molecule has 0 radical (unpaired) electrons. The van der Waals surface area contributed by atoms with Gasteiger partial charge in [0.05, 0.1) is 5.69 Å². The second-order valence-electron chi connectivity index (χ2n) is 6.35. The Bertz CT molecular complexity index is 885. The first-order valence-electron chi connectivity index (χ1n) is 8.23. The smallest absolute Gasteiger partial charge is 0.298 e. The number of nitrogen functional groups attached to an aromatic ring is 1. The van der Waals surface area contributed by atoms with E-state index in [1.54, 1.807) is 19.2 Å². The van der Waals surface area contributed by atoms with Crippen molar-refractivity contribution < 1.29 is 4.79 Å². The van der Waals surface area contributed by atoms with E-state index in [1.165, 1.54) is 11.5 Å². The van der Waals surface area contributed by atoms with Crippen molar-refractivity contribution in [3.8, 4) is 5.69 Å². The lowest BCUT2D eigenvalue weighted by atomic mass is 10.1. The van der Waals surface area contributed by atoms with E-state index in [0.29, 0.717) is 35.5 Å². The molecule has 2 heterocycles. The first kappa shape index (κ1) is 16.9. The van der Waals surface area contributed by atoms with Crippen molar-refractivity contribution >= 4 is 17.5 Å². The summed E-state index contributed by atoms with van der Waals surface area (Å²) in [5, 5.41) is 5.89. The van der Waals surface area contributed by atoms with Crippen molar-refractivity contribution in [2.24, 2.45) is 0 Å². The number of nitrogens with zero attached hydrogens (tertiary/aromatic N) is 3. The van der Waals surface area contributed by atoms with Crippen LogP contribution in [0.5, 0.6) is 0 Å². The number of aromatic nitrogens is 3. The number of amides is 1. The average molecular weight is 342 g/mol. The fourth-order valence-electron chi connectivity index (χ4n) is 2.59. The number of carbonyl (C=O) groups excluding carboxylic acids is 1. The Kier molecular flexibility index (Phi) is 4.43. The number of pyridine rings is 1.